The van der Waals surface area contributed by atoms with Crippen molar-refractivity contribution in [2.75, 3.05) is 17.7 Å². The van der Waals surface area contributed by atoms with Gasteiger partial charge < -0.3 is 0 Å². The highest BCUT2D eigenvalue weighted by atomic mass is 35.5. The average Bonchev–Trinajstić information content (AvgIpc) is 3.14. The summed E-state index contributed by atoms with van der Waals surface area (Å²) in [7, 11) is -3.32. The van der Waals surface area contributed by atoms with Crippen LogP contribution in [0.5, 0.6) is 0 Å². The minimum absolute atomic E-state index is 0.0862. The highest BCUT2D eigenvalue weighted by molar-refractivity contribution is 7.90. The third-order valence-corrected chi connectivity index (χ3v) is 7.96. The van der Waals surface area contributed by atoms with Gasteiger partial charge in [-0.3, -0.25) is 9.69 Å². The molecule has 0 aliphatic heterocycles. The molecule has 1 unspecified atom stereocenters. The maximum absolute atomic E-state index is 13.5. The van der Waals surface area contributed by atoms with E-state index >= 15 is 0 Å². The van der Waals surface area contributed by atoms with E-state index < -0.39 is 15.8 Å². The largest absolute Gasteiger partial charge is 0.288 e. The highest BCUT2D eigenvalue weighted by Crippen LogP contribution is 2.34. The molecule has 9 heteroatoms. The molecule has 0 bridgehead atoms. The first kappa shape index (κ1) is 24.0. The lowest BCUT2D eigenvalue weighted by atomic mass is 9.99. The summed E-state index contributed by atoms with van der Waals surface area (Å²) >= 11 is 13.5. The summed E-state index contributed by atoms with van der Waals surface area (Å²) in [6, 6.07) is 10.1. The summed E-state index contributed by atoms with van der Waals surface area (Å²) in [5, 5.41) is 1.41. The molecule has 3 aromatic rings. The molecule has 0 aliphatic rings. The minimum Gasteiger partial charge on any atom is -0.288 e. The van der Waals surface area contributed by atoms with Crippen LogP contribution in [0.25, 0.3) is 10.2 Å². The quantitative estimate of drug-likeness (QED) is 0.340. The molecule has 1 heterocycles. The smallest absolute Gasteiger partial charge is 0.236 e. The van der Waals surface area contributed by atoms with Crippen molar-refractivity contribution in [1.82, 2.24) is 4.98 Å². The third kappa shape index (κ3) is 5.58. The first-order chi connectivity index (χ1) is 14.6. The topological polar surface area (TPSA) is 67.3 Å². The van der Waals surface area contributed by atoms with E-state index in [1.165, 1.54) is 17.6 Å². The van der Waals surface area contributed by atoms with Gasteiger partial charge in [-0.1, -0.05) is 60.4 Å². The number of nitrogens with zero attached hydrogens (tertiary/aromatic N) is 2. The zero-order valence-corrected chi connectivity index (χ0v) is 20.7. The van der Waals surface area contributed by atoms with E-state index in [0.29, 0.717) is 27.2 Å². The van der Waals surface area contributed by atoms with Gasteiger partial charge in [0.1, 0.15) is 0 Å². The van der Waals surface area contributed by atoms with Gasteiger partial charge in [0.05, 0.1) is 31.1 Å². The minimum atomic E-state index is -3.32. The number of hydrogen-bond acceptors (Lipinski definition) is 5. The number of amides is 1. The first-order valence-electron chi connectivity index (χ1n) is 9.98. The van der Waals surface area contributed by atoms with Crippen LogP contribution >= 0.6 is 34.5 Å². The molecule has 2 aromatic carbocycles. The van der Waals surface area contributed by atoms with Crippen molar-refractivity contribution in [1.29, 1.82) is 0 Å². The number of carbonyl (C=O) groups is 1. The Morgan fingerprint density at radius 2 is 1.87 bits per heavy atom. The molecule has 0 aliphatic carbocycles. The number of sulfone groups is 1. The molecule has 0 radical (unpaired) electrons. The van der Waals surface area contributed by atoms with Gasteiger partial charge in [-0.15, -0.1) is 0 Å². The van der Waals surface area contributed by atoms with Gasteiger partial charge in [-0.25, -0.2) is 13.4 Å². The van der Waals surface area contributed by atoms with Crippen LogP contribution in [0, 0.1) is 0 Å². The Kier molecular flexibility index (Phi) is 7.63. The Morgan fingerprint density at radius 3 is 2.52 bits per heavy atom. The number of halogens is 2. The standard InChI is InChI=1S/C22H24Cl2N2O3S2/c1-4-5-6-11-26(21(27)14(2)15-7-9-17(23)18(24)12-15)22-25-19-10-8-16(31(3,28)29)13-20(19)30-22/h7-10,12-14H,4-6,11H2,1-3H3. The van der Waals surface area contributed by atoms with Gasteiger partial charge >= 0.3 is 0 Å². The number of unbranched alkanes of at least 4 members (excludes halogenated alkanes) is 2. The van der Waals surface area contributed by atoms with Crippen LogP contribution in [0.4, 0.5) is 5.13 Å². The molecule has 0 spiro atoms. The van der Waals surface area contributed by atoms with Crippen LogP contribution in [0.2, 0.25) is 10.0 Å². The lowest BCUT2D eigenvalue weighted by Crippen LogP contribution is -2.35. The normalized spacial score (nSPS) is 12.8. The zero-order chi connectivity index (χ0) is 22.8. The van der Waals surface area contributed by atoms with E-state index in [2.05, 4.69) is 11.9 Å². The Labute approximate surface area is 196 Å². The van der Waals surface area contributed by atoms with Crippen molar-refractivity contribution in [2.24, 2.45) is 0 Å². The SMILES string of the molecule is CCCCCN(C(=O)C(C)c1ccc(Cl)c(Cl)c1)c1nc2ccc(S(C)(=O)=O)cc2s1. The zero-order valence-electron chi connectivity index (χ0n) is 17.6. The fourth-order valence-corrected chi connectivity index (χ4v) is 5.28. The van der Waals surface area contributed by atoms with Gasteiger partial charge in [0.25, 0.3) is 0 Å². The maximum atomic E-state index is 13.5. The van der Waals surface area contributed by atoms with Crippen LogP contribution in [0.1, 0.15) is 44.6 Å². The highest BCUT2D eigenvalue weighted by Gasteiger charge is 2.26. The van der Waals surface area contributed by atoms with Crippen LogP contribution in [-0.4, -0.2) is 32.1 Å². The maximum Gasteiger partial charge on any atom is 0.236 e. The molecule has 0 saturated heterocycles. The molecule has 3 rings (SSSR count). The Bertz CT molecular complexity index is 1210. The molecule has 0 saturated carbocycles. The molecular weight excluding hydrogens is 475 g/mol. The molecule has 0 N–H and O–H groups in total. The number of thiazole rings is 1. The van der Waals surface area contributed by atoms with Crippen molar-refractivity contribution in [3.8, 4) is 0 Å². The second-order valence-electron chi connectivity index (χ2n) is 7.49. The van der Waals surface area contributed by atoms with Gasteiger partial charge in [-0.2, -0.15) is 0 Å². The van der Waals surface area contributed by atoms with E-state index in [4.69, 9.17) is 23.2 Å². The lowest BCUT2D eigenvalue weighted by Gasteiger charge is -2.24. The summed E-state index contributed by atoms with van der Waals surface area (Å²) in [4.78, 5) is 20.0. The second kappa shape index (κ2) is 9.86. The van der Waals surface area contributed by atoms with E-state index in [-0.39, 0.29) is 10.8 Å². The molecule has 5 nitrogen and oxygen atoms in total. The Morgan fingerprint density at radius 1 is 1.13 bits per heavy atom. The van der Waals surface area contributed by atoms with Crippen molar-refractivity contribution >= 4 is 65.6 Å². The summed E-state index contributed by atoms with van der Waals surface area (Å²) < 4.78 is 24.5. The van der Waals surface area contributed by atoms with Gasteiger partial charge in [0.15, 0.2) is 15.0 Å². The van der Waals surface area contributed by atoms with Gasteiger partial charge in [-0.05, 0) is 49.2 Å². The van der Waals surface area contributed by atoms with Crippen molar-refractivity contribution in [2.45, 2.75) is 43.9 Å². The van der Waals surface area contributed by atoms with E-state index in [0.717, 1.165) is 29.5 Å². The summed E-state index contributed by atoms with van der Waals surface area (Å²) in [5.74, 6) is -0.521. The Balaban J connectivity index is 1.97. The first-order valence-corrected chi connectivity index (χ1v) is 13.4. The summed E-state index contributed by atoms with van der Waals surface area (Å²) in [6.07, 6.45) is 4.05. The van der Waals surface area contributed by atoms with Crippen molar-refractivity contribution in [3.63, 3.8) is 0 Å². The molecular formula is C22H24Cl2N2O3S2. The van der Waals surface area contributed by atoms with Gasteiger partial charge in [0, 0.05) is 12.8 Å². The number of aromatic nitrogens is 1. The molecule has 1 amide bonds. The molecule has 31 heavy (non-hydrogen) atoms. The van der Waals surface area contributed by atoms with Crippen molar-refractivity contribution in [3.05, 3.63) is 52.0 Å². The van der Waals surface area contributed by atoms with Crippen molar-refractivity contribution < 1.29 is 13.2 Å². The van der Waals surface area contributed by atoms with Crippen LogP contribution in [-0.2, 0) is 14.6 Å². The predicted molar refractivity (Wildman–Crippen MR) is 129 cm³/mol. The molecule has 1 atom stereocenters. The van der Waals surface area contributed by atoms with Crippen LogP contribution < -0.4 is 4.90 Å². The summed E-state index contributed by atoms with van der Waals surface area (Å²) in [5.41, 5.74) is 1.45. The number of anilines is 1. The lowest BCUT2D eigenvalue weighted by molar-refractivity contribution is -0.119. The second-order valence-corrected chi connectivity index (χ2v) is 11.3. The van der Waals surface area contributed by atoms with E-state index in [1.807, 2.05) is 6.92 Å². The van der Waals surface area contributed by atoms with Gasteiger partial charge in [0.2, 0.25) is 5.91 Å². The van der Waals surface area contributed by atoms with Crippen LogP contribution in [0.3, 0.4) is 0 Å². The number of rotatable bonds is 8. The van der Waals surface area contributed by atoms with Crippen LogP contribution in [0.15, 0.2) is 41.3 Å². The fraction of sp³-hybridized carbons (Fsp3) is 0.364. The molecule has 166 valence electrons. The fourth-order valence-electron chi connectivity index (χ4n) is 3.22. The number of carbonyl (C=O) groups excluding carboxylic acids is 1. The summed E-state index contributed by atoms with van der Waals surface area (Å²) in [6.45, 7) is 4.48. The monoisotopic (exact) mass is 498 g/mol. The molecule has 1 aromatic heterocycles. The number of hydrogen-bond donors (Lipinski definition) is 0. The molecule has 0 fully saturated rings. The predicted octanol–water partition coefficient (Wildman–Crippen LogP) is 6.33. The van der Waals surface area contributed by atoms with E-state index in [9.17, 15) is 13.2 Å². The average molecular weight is 499 g/mol. The Hall–Kier alpha value is -1.67. The third-order valence-electron chi connectivity index (χ3n) is 5.07. The number of fused-ring (bicyclic) bond motifs is 1. The van der Waals surface area contributed by atoms with E-state index in [1.54, 1.807) is 41.3 Å². The number of benzene rings is 2.